The van der Waals surface area contributed by atoms with E-state index in [1.165, 1.54) is 6.21 Å². The minimum atomic E-state index is -0.638. The first-order valence-electron chi connectivity index (χ1n) is 9.07. The number of pyridine rings is 1. The number of anilines is 1. The lowest BCUT2D eigenvalue weighted by Crippen LogP contribution is -2.29. The number of aliphatic imine (C=N–C) groups is 3. The largest absolute Gasteiger partial charge is 0.339 e. The van der Waals surface area contributed by atoms with Crippen molar-refractivity contribution in [3.8, 4) is 12.1 Å². The van der Waals surface area contributed by atoms with Gasteiger partial charge in [0.2, 0.25) is 6.29 Å². The van der Waals surface area contributed by atoms with Crippen LogP contribution >= 0.6 is 0 Å². The quantitative estimate of drug-likeness (QED) is 0.722. The lowest BCUT2D eigenvalue weighted by Gasteiger charge is -2.22. The van der Waals surface area contributed by atoms with Crippen LogP contribution in [0.4, 0.5) is 5.82 Å². The Balaban J connectivity index is 1.89. The second kappa shape index (κ2) is 8.98. The minimum absolute atomic E-state index is 0.241. The van der Waals surface area contributed by atoms with E-state index >= 15 is 0 Å². The van der Waals surface area contributed by atoms with Crippen LogP contribution in [0.2, 0.25) is 0 Å². The van der Waals surface area contributed by atoms with Gasteiger partial charge in [0.1, 0.15) is 17.9 Å². The number of nitrogens with one attached hydrogen (secondary N) is 2. The highest BCUT2D eigenvalue weighted by molar-refractivity contribution is 6.30. The van der Waals surface area contributed by atoms with Crippen LogP contribution in [0.25, 0.3) is 0 Å². The van der Waals surface area contributed by atoms with Gasteiger partial charge >= 0.3 is 0 Å². The van der Waals surface area contributed by atoms with Gasteiger partial charge in [0.15, 0.2) is 0 Å². The van der Waals surface area contributed by atoms with Crippen molar-refractivity contribution < 1.29 is 0 Å². The summed E-state index contributed by atoms with van der Waals surface area (Å²) in [4.78, 5) is 19.5. The van der Waals surface area contributed by atoms with Crippen molar-refractivity contribution in [3.05, 3.63) is 23.4 Å². The van der Waals surface area contributed by atoms with Crippen LogP contribution in [0.15, 0.2) is 27.2 Å². The molecule has 1 aromatic rings. The standard InChI is InChI=1S/C19H21N9/c1-23-12-15(9-21)26-19-24-5-4-17(27-19)14-7-13(8-20)18(25-11-14)28-6-2-3-16(28)10-22/h5,7,9,11,16,19,21,23H,2-4,6,12H2,1H3. The number of hydrogen-bond acceptors (Lipinski definition) is 9. The fraction of sp³-hybridized carbons (Fsp3) is 0.421. The van der Waals surface area contributed by atoms with Crippen LogP contribution in [0.3, 0.4) is 0 Å². The summed E-state index contributed by atoms with van der Waals surface area (Å²) >= 11 is 0. The van der Waals surface area contributed by atoms with E-state index in [0.29, 0.717) is 30.1 Å². The smallest absolute Gasteiger partial charge is 0.233 e. The zero-order valence-corrected chi connectivity index (χ0v) is 15.6. The van der Waals surface area contributed by atoms with Crippen molar-refractivity contribution >= 4 is 29.7 Å². The third kappa shape index (κ3) is 4.11. The van der Waals surface area contributed by atoms with Crippen molar-refractivity contribution in [2.75, 3.05) is 25.0 Å². The number of nitrogens with zero attached hydrogens (tertiary/aromatic N) is 7. The molecule has 1 aromatic heterocycles. The summed E-state index contributed by atoms with van der Waals surface area (Å²) in [6.45, 7) is 1.19. The van der Waals surface area contributed by atoms with E-state index in [-0.39, 0.29) is 6.04 Å². The lowest BCUT2D eigenvalue weighted by molar-refractivity contribution is 0.746. The summed E-state index contributed by atoms with van der Waals surface area (Å²) < 4.78 is 0. The molecule has 0 bridgehead atoms. The second-order valence-corrected chi connectivity index (χ2v) is 6.44. The maximum absolute atomic E-state index is 9.60. The van der Waals surface area contributed by atoms with Gasteiger partial charge in [0.25, 0.3) is 0 Å². The molecule has 28 heavy (non-hydrogen) atoms. The molecule has 9 nitrogen and oxygen atoms in total. The molecule has 2 unspecified atom stereocenters. The summed E-state index contributed by atoms with van der Waals surface area (Å²) in [6.07, 6.45) is 6.19. The van der Waals surface area contributed by atoms with Gasteiger partial charge in [0.05, 0.1) is 23.1 Å². The summed E-state index contributed by atoms with van der Waals surface area (Å²) in [7, 11) is 1.78. The molecular formula is C19H21N9. The van der Waals surface area contributed by atoms with Crippen molar-refractivity contribution in [2.24, 2.45) is 15.0 Å². The molecule has 0 amide bonds. The van der Waals surface area contributed by atoms with Gasteiger partial charge in [0, 0.05) is 43.7 Å². The molecule has 9 heteroatoms. The molecule has 3 heterocycles. The molecule has 0 saturated carbocycles. The predicted octanol–water partition coefficient (Wildman–Crippen LogP) is 1.30. The second-order valence-electron chi connectivity index (χ2n) is 6.44. The molecule has 0 radical (unpaired) electrons. The Morgan fingerprint density at radius 3 is 3.07 bits per heavy atom. The number of nitriles is 2. The summed E-state index contributed by atoms with van der Waals surface area (Å²) in [6, 6.07) is 6.00. The van der Waals surface area contributed by atoms with Crippen LogP contribution in [-0.4, -0.2) is 61.3 Å². The van der Waals surface area contributed by atoms with E-state index in [9.17, 15) is 10.5 Å². The Morgan fingerprint density at radius 2 is 2.36 bits per heavy atom. The maximum Gasteiger partial charge on any atom is 0.233 e. The third-order valence-electron chi connectivity index (χ3n) is 4.59. The first kappa shape index (κ1) is 19.3. The molecule has 142 valence electrons. The number of hydrogen-bond donors (Lipinski definition) is 2. The molecule has 0 aliphatic carbocycles. The fourth-order valence-corrected chi connectivity index (χ4v) is 3.26. The molecule has 2 N–H and O–H groups in total. The molecule has 0 spiro atoms. The summed E-state index contributed by atoms with van der Waals surface area (Å²) in [5, 5.41) is 29.3. The number of aromatic nitrogens is 1. The molecule has 2 aliphatic rings. The van der Waals surface area contributed by atoms with E-state index in [0.717, 1.165) is 30.7 Å². The van der Waals surface area contributed by atoms with Gasteiger partial charge in [-0.1, -0.05) is 0 Å². The average molecular weight is 375 g/mol. The topological polar surface area (TPSA) is 137 Å². The zero-order chi connectivity index (χ0) is 19.9. The van der Waals surface area contributed by atoms with Gasteiger partial charge < -0.3 is 15.6 Å². The Bertz CT molecular complexity index is 916. The van der Waals surface area contributed by atoms with Crippen LogP contribution in [0, 0.1) is 28.1 Å². The van der Waals surface area contributed by atoms with E-state index in [1.807, 2.05) is 4.90 Å². The molecule has 1 fully saturated rings. The van der Waals surface area contributed by atoms with Gasteiger partial charge in [-0.15, -0.1) is 0 Å². The van der Waals surface area contributed by atoms with Crippen LogP contribution in [-0.2, 0) is 0 Å². The lowest BCUT2D eigenvalue weighted by atomic mass is 10.1. The Kier molecular flexibility index (Phi) is 6.20. The Morgan fingerprint density at radius 1 is 1.50 bits per heavy atom. The minimum Gasteiger partial charge on any atom is -0.339 e. The van der Waals surface area contributed by atoms with E-state index in [2.05, 4.69) is 37.4 Å². The van der Waals surface area contributed by atoms with Crippen LogP contribution in [0.1, 0.15) is 30.4 Å². The van der Waals surface area contributed by atoms with Crippen molar-refractivity contribution in [2.45, 2.75) is 31.6 Å². The van der Waals surface area contributed by atoms with Crippen molar-refractivity contribution in [1.29, 1.82) is 15.9 Å². The molecular weight excluding hydrogens is 354 g/mol. The third-order valence-corrected chi connectivity index (χ3v) is 4.59. The molecule has 2 atom stereocenters. The van der Waals surface area contributed by atoms with E-state index in [4.69, 9.17) is 5.41 Å². The van der Waals surface area contributed by atoms with Gasteiger partial charge in [-0.05, 0) is 26.0 Å². The van der Waals surface area contributed by atoms with E-state index < -0.39 is 6.29 Å². The summed E-state index contributed by atoms with van der Waals surface area (Å²) in [5.74, 6) is 0.551. The molecule has 1 saturated heterocycles. The molecule has 2 aliphatic heterocycles. The van der Waals surface area contributed by atoms with Crippen LogP contribution in [0.5, 0.6) is 0 Å². The SMILES string of the molecule is CNCC(C=N)=NC1N=CCC(c2cnc(N3CCCC3C#N)c(C#N)c2)=N1. The van der Waals surface area contributed by atoms with E-state index in [1.54, 1.807) is 25.5 Å². The Hall–Kier alpha value is -3.43. The average Bonchev–Trinajstić information content (AvgIpc) is 3.21. The molecule has 0 aromatic carbocycles. The first-order valence-corrected chi connectivity index (χ1v) is 9.07. The normalized spacial score (nSPS) is 21.8. The van der Waals surface area contributed by atoms with Gasteiger partial charge in [-0.3, -0.25) is 0 Å². The van der Waals surface area contributed by atoms with Gasteiger partial charge in [-0.2, -0.15) is 10.5 Å². The predicted molar refractivity (Wildman–Crippen MR) is 109 cm³/mol. The highest BCUT2D eigenvalue weighted by atomic mass is 15.2. The Labute approximate surface area is 163 Å². The highest BCUT2D eigenvalue weighted by Gasteiger charge is 2.27. The monoisotopic (exact) mass is 375 g/mol. The number of rotatable bonds is 6. The van der Waals surface area contributed by atoms with Gasteiger partial charge in [-0.25, -0.2) is 20.0 Å². The van der Waals surface area contributed by atoms with Crippen molar-refractivity contribution in [1.82, 2.24) is 10.3 Å². The summed E-state index contributed by atoms with van der Waals surface area (Å²) in [5.41, 5.74) is 2.47. The maximum atomic E-state index is 9.60. The zero-order valence-electron chi connectivity index (χ0n) is 15.6. The highest BCUT2D eigenvalue weighted by Crippen LogP contribution is 2.27. The first-order chi connectivity index (χ1) is 13.7. The van der Waals surface area contributed by atoms with Crippen LogP contribution < -0.4 is 10.2 Å². The fourth-order valence-electron chi connectivity index (χ4n) is 3.26. The van der Waals surface area contributed by atoms with Crippen molar-refractivity contribution in [3.63, 3.8) is 0 Å². The molecule has 3 rings (SSSR count).